The molecule has 9 heteroatoms. The van der Waals surface area contributed by atoms with Gasteiger partial charge in [0.15, 0.2) is 11.5 Å². The maximum atomic E-state index is 12.8. The van der Waals surface area contributed by atoms with Gasteiger partial charge in [0.2, 0.25) is 21.7 Å². The Morgan fingerprint density at radius 3 is 2.37 bits per heavy atom. The summed E-state index contributed by atoms with van der Waals surface area (Å²) < 4.78 is 43.2. The minimum absolute atomic E-state index is 0.0219. The van der Waals surface area contributed by atoms with E-state index in [1.807, 2.05) is 6.07 Å². The van der Waals surface area contributed by atoms with Crippen LogP contribution in [0.5, 0.6) is 11.5 Å². The first-order valence-electron chi connectivity index (χ1n) is 9.64. The second kappa shape index (κ2) is 8.45. The van der Waals surface area contributed by atoms with Gasteiger partial charge in [-0.2, -0.15) is 9.29 Å². The fourth-order valence-electron chi connectivity index (χ4n) is 3.58. The summed E-state index contributed by atoms with van der Waals surface area (Å²) in [6.45, 7) is 0.825. The summed E-state index contributed by atoms with van der Waals surface area (Å²) in [6.07, 6.45) is 1.25. The fraction of sp³-hybridized carbons (Fsp3) is 0.333. The van der Waals surface area contributed by atoms with Crippen LogP contribution >= 0.6 is 0 Å². The van der Waals surface area contributed by atoms with Crippen LogP contribution in [0.4, 0.5) is 0 Å². The molecule has 1 aliphatic rings. The van der Waals surface area contributed by atoms with Crippen LogP contribution < -0.4 is 9.47 Å². The number of hydrogen-bond acceptors (Lipinski definition) is 7. The SMILES string of the molecule is COc1ccc(-c2noc(C3CCN(S(=O)(=O)c4ccccc4)CC3)n2)cc1OC. The van der Waals surface area contributed by atoms with E-state index in [4.69, 9.17) is 14.0 Å². The van der Waals surface area contributed by atoms with Crippen molar-refractivity contribution >= 4 is 10.0 Å². The standard InChI is InChI=1S/C21H23N3O5S/c1-27-18-9-8-16(14-19(18)28-2)20-22-21(29-23-20)15-10-12-24(13-11-15)30(25,26)17-6-4-3-5-7-17/h3-9,14-15H,10-13H2,1-2H3. The largest absolute Gasteiger partial charge is 0.493 e. The first kappa shape index (κ1) is 20.4. The van der Waals surface area contributed by atoms with Gasteiger partial charge in [-0.3, -0.25) is 0 Å². The molecular weight excluding hydrogens is 406 g/mol. The first-order chi connectivity index (χ1) is 14.5. The molecule has 0 saturated carbocycles. The first-order valence-corrected chi connectivity index (χ1v) is 11.1. The van der Waals surface area contributed by atoms with E-state index < -0.39 is 10.0 Å². The molecule has 0 amide bonds. The monoisotopic (exact) mass is 429 g/mol. The Balaban J connectivity index is 1.46. The number of methoxy groups -OCH3 is 2. The van der Waals surface area contributed by atoms with Crippen molar-refractivity contribution in [2.45, 2.75) is 23.7 Å². The predicted molar refractivity (Wildman–Crippen MR) is 110 cm³/mol. The number of piperidine rings is 1. The van der Waals surface area contributed by atoms with E-state index in [-0.39, 0.29) is 5.92 Å². The van der Waals surface area contributed by atoms with E-state index in [2.05, 4.69) is 10.1 Å². The van der Waals surface area contributed by atoms with Crippen molar-refractivity contribution in [2.24, 2.45) is 0 Å². The third-order valence-electron chi connectivity index (χ3n) is 5.27. The van der Waals surface area contributed by atoms with Gasteiger partial charge in [-0.25, -0.2) is 8.42 Å². The maximum Gasteiger partial charge on any atom is 0.243 e. The molecule has 8 nitrogen and oxygen atoms in total. The average molecular weight is 429 g/mol. The lowest BCUT2D eigenvalue weighted by molar-refractivity contribution is 0.271. The van der Waals surface area contributed by atoms with Crippen molar-refractivity contribution in [1.82, 2.24) is 14.4 Å². The summed E-state index contributed by atoms with van der Waals surface area (Å²) in [7, 11) is -0.331. The molecule has 30 heavy (non-hydrogen) atoms. The fourth-order valence-corrected chi connectivity index (χ4v) is 5.07. The Bertz CT molecular complexity index is 1110. The lowest BCUT2D eigenvalue weighted by atomic mass is 9.98. The van der Waals surface area contributed by atoms with Gasteiger partial charge < -0.3 is 14.0 Å². The normalized spacial score (nSPS) is 15.8. The highest BCUT2D eigenvalue weighted by atomic mass is 32.2. The van der Waals surface area contributed by atoms with Gasteiger partial charge >= 0.3 is 0 Å². The molecule has 0 N–H and O–H groups in total. The summed E-state index contributed by atoms with van der Waals surface area (Å²) in [5, 5.41) is 4.09. The highest BCUT2D eigenvalue weighted by Crippen LogP contribution is 2.34. The van der Waals surface area contributed by atoms with E-state index in [9.17, 15) is 8.42 Å². The highest BCUT2D eigenvalue weighted by Gasteiger charge is 2.32. The van der Waals surface area contributed by atoms with Crippen LogP contribution in [-0.4, -0.2) is 50.2 Å². The summed E-state index contributed by atoms with van der Waals surface area (Å²) in [5.74, 6) is 2.22. The molecule has 0 radical (unpaired) electrons. The summed E-state index contributed by atoms with van der Waals surface area (Å²) in [6, 6.07) is 13.9. The molecule has 0 spiro atoms. The summed E-state index contributed by atoms with van der Waals surface area (Å²) >= 11 is 0. The number of benzene rings is 2. The lowest BCUT2D eigenvalue weighted by Crippen LogP contribution is -2.37. The maximum absolute atomic E-state index is 12.8. The van der Waals surface area contributed by atoms with Gasteiger partial charge in [0.25, 0.3) is 0 Å². The van der Waals surface area contributed by atoms with Crippen molar-refractivity contribution in [1.29, 1.82) is 0 Å². The number of aromatic nitrogens is 2. The second-order valence-electron chi connectivity index (χ2n) is 7.02. The average Bonchev–Trinajstić information content (AvgIpc) is 3.29. The smallest absolute Gasteiger partial charge is 0.243 e. The van der Waals surface area contributed by atoms with Gasteiger partial charge in [-0.1, -0.05) is 23.4 Å². The second-order valence-corrected chi connectivity index (χ2v) is 8.96. The van der Waals surface area contributed by atoms with Crippen LogP contribution in [0.15, 0.2) is 57.9 Å². The van der Waals surface area contributed by atoms with Gasteiger partial charge in [0.05, 0.1) is 19.1 Å². The number of nitrogens with zero attached hydrogens (tertiary/aromatic N) is 3. The zero-order chi connectivity index (χ0) is 21.1. The molecule has 2 heterocycles. The van der Waals surface area contributed by atoms with Gasteiger partial charge in [0.1, 0.15) is 0 Å². The van der Waals surface area contributed by atoms with Crippen molar-refractivity contribution in [3.63, 3.8) is 0 Å². The minimum Gasteiger partial charge on any atom is -0.493 e. The molecule has 0 unspecified atom stereocenters. The van der Waals surface area contributed by atoms with E-state index >= 15 is 0 Å². The van der Waals surface area contributed by atoms with Crippen molar-refractivity contribution in [3.8, 4) is 22.9 Å². The van der Waals surface area contributed by atoms with Crippen LogP contribution in [0, 0.1) is 0 Å². The van der Waals surface area contributed by atoms with E-state index in [1.54, 1.807) is 56.7 Å². The molecule has 1 aliphatic heterocycles. The van der Waals surface area contributed by atoms with Gasteiger partial charge in [0, 0.05) is 24.6 Å². The number of ether oxygens (including phenoxy) is 2. The molecule has 1 fully saturated rings. The molecule has 1 saturated heterocycles. The van der Waals surface area contributed by atoms with Crippen molar-refractivity contribution in [2.75, 3.05) is 27.3 Å². The van der Waals surface area contributed by atoms with Gasteiger partial charge in [-0.15, -0.1) is 0 Å². The minimum atomic E-state index is -3.48. The summed E-state index contributed by atoms with van der Waals surface area (Å²) in [5.41, 5.74) is 0.756. The van der Waals surface area contributed by atoms with Crippen molar-refractivity contribution < 1.29 is 22.4 Å². The van der Waals surface area contributed by atoms with E-state index in [0.29, 0.717) is 54.0 Å². The number of rotatable bonds is 6. The number of sulfonamides is 1. The van der Waals surface area contributed by atoms with Crippen LogP contribution in [0.2, 0.25) is 0 Å². The third kappa shape index (κ3) is 3.90. The molecule has 158 valence electrons. The van der Waals surface area contributed by atoms with Gasteiger partial charge in [-0.05, 0) is 43.2 Å². The molecule has 3 aromatic rings. The van der Waals surface area contributed by atoms with Crippen LogP contribution in [0.25, 0.3) is 11.4 Å². The molecular formula is C21H23N3O5S. The molecule has 2 aromatic carbocycles. The topological polar surface area (TPSA) is 94.8 Å². The third-order valence-corrected chi connectivity index (χ3v) is 7.18. The lowest BCUT2D eigenvalue weighted by Gasteiger charge is -2.29. The Labute approximate surface area is 175 Å². The van der Waals surface area contributed by atoms with Crippen molar-refractivity contribution in [3.05, 3.63) is 54.4 Å². The zero-order valence-electron chi connectivity index (χ0n) is 16.8. The van der Waals surface area contributed by atoms with E-state index in [1.165, 1.54) is 4.31 Å². The Morgan fingerprint density at radius 2 is 1.70 bits per heavy atom. The van der Waals surface area contributed by atoms with E-state index in [0.717, 1.165) is 5.56 Å². The Hall–Kier alpha value is -2.91. The van der Waals surface area contributed by atoms with Crippen LogP contribution in [0.1, 0.15) is 24.7 Å². The number of hydrogen-bond donors (Lipinski definition) is 0. The highest BCUT2D eigenvalue weighted by molar-refractivity contribution is 7.89. The van der Waals surface area contributed by atoms with Crippen LogP contribution in [0.3, 0.4) is 0 Å². The quantitative estimate of drug-likeness (QED) is 0.593. The summed E-state index contributed by atoms with van der Waals surface area (Å²) in [4.78, 5) is 4.85. The Kier molecular flexibility index (Phi) is 5.74. The predicted octanol–water partition coefficient (Wildman–Crippen LogP) is 3.32. The van der Waals surface area contributed by atoms with Crippen LogP contribution in [-0.2, 0) is 10.0 Å². The molecule has 0 aliphatic carbocycles. The molecule has 0 atom stereocenters. The Morgan fingerprint density at radius 1 is 1.00 bits per heavy atom. The molecule has 4 rings (SSSR count). The zero-order valence-corrected chi connectivity index (χ0v) is 17.6. The molecule has 1 aromatic heterocycles. The molecule has 0 bridgehead atoms.